The maximum Gasteiger partial charge on any atom is 0.00791 e. The molecular weight excluding hydrogens is 150 g/mol. The minimum Gasteiger partial charge on any atom is -0.316 e. The average molecular weight is 173 g/mol. The second-order valence-corrected chi connectivity index (χ2v) is 3.21. The maximum absolute atomic E-state index is 3.35. The second-order valence-electron chi connectivity index (χ2n) is 3.21. The van der Waals surface area contributed by atoms with E-state index in [1.807, 2.05) is 0 Å². The molecule has 0 aromatic rings. The summed E-state index contributed by atoms with van der Waals surface area (Å²) in [6, 6.07) is 0.598. The molecule has 0 aromatic carbocycles. The van der Waals surface area contributed by atoms with Crippen molar-refractivity contribution in [3.8, 4) is 0 Å². The molecule has 0 heterocycles. The zero-order chi connectivity index (χ0) is 9.23. The lowest BCUT2D eigenvalue weighted by Gasteiger charge is -2.08. The summed E-state index contributed by atoms with van der Waals surface area (Å²) in [6.45, 7) is 11.8. The van der Waals surface area contributed by atoms with Crippen molar-refractivity contribution in [2.24, 2.45) is 0 Å². The molecule has 0 amide bonds. The molecule has 3 heteroatoms. The highest BCUT2D eigenvalue weighted by molar-refractivity contribution is 4.56. The van der Waals surface area contributed by atoms with Gasteiger partial charge in [-0.25, -0.2) is 0 Å². The summed E-state index contributed by atoms with van der Waals surface area (Å²) in [5, 5.41) is 9.97. The van der Waals surface area contributed by atoms with Gasteiger partial charge in [0.25, 0.3) is 0 Å². The second kappa shape index (κ2) is 8.97. The zero-order valence-corrected chi connectivity index (χ0v) is 8.61. The summed E-state index contributed by atoms with van der Waals surface area (Å²) in [5.74, 6) is 0. The van der Waals surface area contributed by atoms with E-state index in [0.717, 1.165) is 32.7 Å². The third-order valence-corrected chi connectivity index (χ3v) is 1.58. The molecule has 0 spiro atoms. The van der Waals surface area contributed by atoms with Gasteiger partial charge in [0.1, 0.15) is 0 Å². The third kappa shape index (κ3) is 9.88. The highest BCUT2D eigenvalue weighted by Gasteiger charge is 1.90. The molecule has 0 radical (unpaired) electrons. The molecule has 0 unspecified atom stereocenters. The topological polar surface area (TPSA) is 36.1 Å². The molecule has 74 valence electrons. The Balaban J connectivity index is 2.82. The quantitative estimate of drug-likeness (QED) is 0.458. The van der Waals surface area contributed by atoms with E-state index in [2.05, 4.69) is 36.7 Å². The largest absolute Gasteiger partial charge is 0.316 e. The normalized spacial score (nSPS) is 11.0. The Kier molecular flexibility index (Phi) is 8.88. The zero-order valence-electron chi connectivity index (χ0n) is 8.61. The number of nitrogens with one attached hydrogen (secondary N) is 3. The van der Waals surface area contributed by atoms with E-state index in [0.29, 0.717) is 6.04 Å². The smallest absolute Gasteiger partial charge is 0.00791 e. The van der Waals surface area contributed by atoms with Crippen molar-refractivity contribution in [1.29, 1.82) is 0 Å². The summed E-state index contributed by atoms with van der Waals surface area (Å²) >= 11 is 0. The third-order valence-electron chi connectivity index (χ3n) is 1.58. The summed E-state index contributed by atoms with van der Waals surface area (Å²) in [5.41, 5.74) is 0. The summed E-state index contributed by atoms with van der Waals surface area (Å²) in [6.07, 6.45) is 0. The van der Waals surface area contributed by atoms with E-state index in [4.69, 9.17) is 0 Å². The van der Waals surface area contributed by atoms with Gasteiger partial charge in [-0.15, -0.1) is 0 Å². The van der Waals surface area contributed by atoms with Crippen molar-refractivity contribution >= 4 is 0 Å². The number of hydrogen-bond acceptors (Lipinski definition) is 3. The van der Waals surface area contributed by atoms with Gasteiger partial charge < -0.3 is 16.0 Å². The minimum atomic E-state index is 0.598. The van der Waals surface area contributed by atoms with Gasteiger partial charge in [-0.3, -0.25) is 0 Å². The number of likely N-dealkylation sites (N-methyl/N-ethyl adjacent to an activating group) is 1. The van der Waals surface area contributed by atoms with Gasteiger partial charge >= 0.3 is 0 Å². The predicted molar refractivity (Wildman–Crippen MR) is 54.6 cm³/mol. The highest BCUT2D eigenvalue weighted by atomic mass is 15.0. The fraction of sp³-hybridized carbons (Fsp3) is 1.00. The van der Waals surface area contributed by atoms with Gasteiger partial charge in [-0.1, -0.05) is 20.8 Å². The summed E-state index contributed by atoms with van der Waals surface area (Å²) in [4.78, 5) is 0. The Morgan fingerprint density at radius 1 is 0.917 bits per heavy atom. The first-order valence-electron chi connectivity index (χ1n) is 4.92. The van der Waals surface area contributed by atoms with Crippen molar-refractivity contribution < 1.29 is 0 Å². The fourth-order valence-corrected chi connectivity index (χ4v) is 0.928. The van der Waals surface area contributed by atoms with E-state index in [1.165, 1.54) is 0 Å². The molecule has 3 N–H and O–H groups in total. The van der Waals surface area contributed by atoms with Crippen LogP contribution in [0, 0.1) is 0 Å². The van der Waals surface area contributed by atoms with E-state index < -0.39 is 0 Å². The molecular formula is C9H23N3. The molecule has 0 atom stereocenters. The molecule has 0 aromatic heterocycles. The van der Waals surface area contributed by atoms with Crippen LogP contribution < -0.4 is 16.0 Å². The molecule has 0 fully saturated rings. The predicted octanol–water partition coefficient (Wildman–Crippen LogP) is 0.184. The van der Waals surface area contributed by atoms with Gasteiger partial charge in [-0.2, -0.15) is 0 Å². The monoisotopic (exact) mass is 173 g/mol. The maximum atomic E-state index is 3.35. The van der Waals surface area contributed by atoms with Crippen LogP contribution in [0.5, 0.6) is 0 Å². The van der Waals surface area contributed by atoms with Crippen LogP contribution in [0.25, 0.3) is 0 Å². The van der Waals surface area contributed by atoms with Crippen LogP contribution in [-0.2, 0) is 0 Å². The van der Waals surface area contributed by atoms with Crippen LogP contribution in [0.2, 0.25) is 0 Å². The average Bonchev–Trinajstić information content (AvgIpc) is 2.02. The lowest BCUT2D eigenvalue weighted by atomic mass is 10.4. The van der Waals surface area contributed by atoms with Gasteiger partial charge in [0.2, 0.25) is 0 Å². The van der Waals surface area contributed by atoms with Crippen molar-refractivity contribution in [3.63, 3.8) is 0 Å². The fourth-order valence-electron chi connectivity index (χ4n) is 0.928. The molecule has 12 heavy (non-hydrogen) atoms. The Hall–Kier alpha value is -0.120. The van der Waals surface area contributed by atoms with Gasteiger partial charge in [-0.05, 0) is 6.54 Å². The van der Waals surface area contributed by atoms with Gasteiger partial charge in [0.15, 0.2) is 0 Å². The Morgan fingerprint density at radius 3 is 2.08 bits per heavy atom. The number of rotatable bonds is 8. The first-order valence-corrected chi connectivity index (χ1v) is 4.92. The Morgan fingerprint density at radius 2 is 1.50 bits per heavy atom. The van der Waals surface area contributed by atoms with E-state index in [-0.39, 0.29) is 0 Å². The van der Waals surface area contributed by atoms with Gasteiger partial charge in [0, 0.05) is 32.2 Å². The molecule has 3 nitrogen and oxygen atoms in total. The number of hydrogen-bond donors (Lipinski definition) is 3. The van der Waals surface area contributed by atoms with Crippen LogP contribution in [0.15, 0.2) is 0 Å². The highest BCUT2D eigenvalue weighted by Crippen LogP contribution is 1.72. The summed E-state index contributed by atoms with van der Waals surface area (Å²) in [7, 11) is 0. The lowest BCUT2D eigenvalue weighted by Crippen LogP contribution is -2.34. The molecule has 0 saturated carbocycles. The molecule has 0 bridgehead atoms. The van der Waals surface area contributed by atoms with Crippen LogP contribution >= 0.6 is 0 Å². The molecule has 0 saturated heterocycles. The van der Waals surface area contributed by atoms with Crippen LogP contribution in [0.3, 0.4) is 0 Å². The Labute approximate surface area is 76.3 Å². The molecule has 0 aliphatic rings. The minimum absolute atomic E-state index is 0.598. The first-order chi connectivity index (χ1) is 5.77. The molecule has 0 aliphatic heterocycles. The Bertz CT molecular complexity index is 83.8. The SMILES string of the molecule is CCNCCNCCNC(C)C. The summed E-state index contributed by atoms with van der Waals surface area (Å²) < 4.78 is 0. The van der Waals surface area contributed by atoms with Gasteiger partial charge in [0.05, 0.1) is 0 Å². The van der Waals surface area contributed by atoms with Crippen LogP contribution in [-0.4, -0.2) is 38.8 Å². The van der Waals surface area contributed by atoms with Crippen molar-refractivity contribution in [2.45, 2.75) is 26.8 Å². The van der Waals surface area contributed by atoms with Crippen molar-refractivity contribution in [3.05, 3.63) is 0 Å². The molecule has 0 rings (SSSR count). The standard InChI is InChI=1S/C9H23N3/c1-4-10-5-6-11-7-8-12-9(2)3/h9-12H,4-8H2,1-3H3. The van der Waals surface area contributed by atoms with Crippen molar-refractivity contribution in [1.82, 2.24) is 16.0 Å². The lowest BCUT2D eigenvalue weighted by molar-refractivity contribution is 0.548. The van der Waals surface area contributed by atoms with E-state index in [1.54, 1.807) is 0 Å². The van der Waals surface area contributed by atoms with Crippen LogP contribution in [0.4, 0.5) is 0 Å². The first kappa shape index (κ1) is 11.9. The van der Waals surface area contributed by atoms with Crippen molar-refractivity contribution in [2.75, 3.05) is 32.7 Å². The van der Waals surface area contributed by atoms with E-state index in [9.17, 15) is 0 Å². The van der Waals surface area contributed by atoms with Crippen LogP contribution in [0.1, 0.15) is 20.8 Å². The molecule has 0 aliphatic carbocycles. The van der Waals surface area contributed by atoms with E-state index >= 15 is 0 Å².